The van der Waals surface area contributed by atoms with E-state index in [0.717, 1.165) is 5.75 Å². The lowest BCUT2D eigenvalue weighted by Crippen LogP contribution is -2.28. The van der Waals surface area contributed by atoms with E-state index in [9.17, 15) is 4.79 Å². The number of thioether (sulfide) groups is 1. The Morgan fingerprint density at radius 3 is 2.65 bits per heavy atom. The maximum Gasteiger partial charge on any atom is 0.261 e. The van der Waals surface area contributed by atoms with Gasteiger partial charge in [0.05, 0.1) is 21.6 Å². The highest BCUT2D eigenvalue weighted by Gasteiger charge is 2.23. The molecule has 1 N–H and O–H groups in total. The van der Waals surface area contributed by atoms with Gasteiger partial charge in [0.1, 0.15) is 0 Å². The van der Waals surface area contributed by atoms with E-state index in [4.69, 9.17) is 23.2 Å². The van der Waals surface area contributed by atoms with Crippen LogP contribution in [0.5, 0.6) is 0 Å². The van der Waals surface area contributed by atoms with E-state index in [-0.39, 0.29) is 11.9 Å². The lowest BCUT2D eigenvalue weighted by atomic mass is 10.2. The number of carbonyl (C=O) groups excluding carboxylic acids is 1. The number of thiophene rings is 1. The SMILES string of the molecule is CC(NC(=O)c1cccs1)c1nnc(SCc2ccccc2)n1-c1ccc(Cl)cc1Cl. The Balaban J connectivity index is 1.67. The molecule has 0 aliphatic carbocycles. The van der Waals surface area contributed by atoms with E-state index in [0.29, 0.717) is 31.6 Å². The molecule has 31 heavy (non-hydrogen) atoms. The quantitative estimate of drug-likeness (QED) is 0.305. The van der Waals surface area contributed by atoms with Crippen molar-refractivity contribution in [2.24, 2.45) is 0 Å². The molecular formula is C22H18Cl2N4OS2. The molecule has 0 fully saturated rings. The number of carbonyl (C=O) groups is 1. The average Bonchev–Trinajstić information content (AvgIpc) is 3.43. The molecule has 0 saturated heterocycles. The van der Waals surface area contributed by atoms with Gasteiger partial charge < -0.3 is 5.32 Å². The molecule has 0 aliphatic heterocycles. The summed E-state index contributed by atoms with van der Waals surface area (Å²) >= 11 is 15.6. The van der Waals surface area contributed by atoms with Crippen molar-refractivity contribution < 1.29 is 4.79 Å². The monoisotopic (exact) mass is 488 g/mol. The van der Waals surface area contributed by atoms with Gasteiger partial charge in [-0.3, -0.25) is 9.36 Å². The molecule has 1 atom stereocenters. The molecule has 0 radical (unpaired) electrons. The lowest BCUT2D eigenvalue weighted by Gasteiger charge is -2.17. The van der Waals surface area contributed by atoms with E-state index in [1.165, 1.54) is 16.9 Å². The molecule has 2 heterocycles. The summed E-state index contributed by atoms with van der Waals surface area (Å²) in [6, 6.07) is 18.7. The zero-order valence-corrected chi connectivity index (χ0v) is 19.6. The third-order valence-electron chi connectivity index (χ3n) is 4.50. The number of hydrogen-bond acceptors (Lipinski definition) is 5. The van der Waals surface area contributed by atoms with Crippen molar-refractivity contribution in [3.05, 3.63) is 92.4 Å². The molecule has 0 saturated carbocycles. The lowest BCUT2D eigenvalue weighted by molar-refractivity contribution is 0.0942. The maximum atomic E-state index is 12.6. The summed E-state index contributed by atoms with van der Waals surface area (Å²) in [4.78, 5) is 13.2. The minimum Gasteiger partial charge on any atom is -0.342 e. The van der Waals surface area contributed by atoms with Crippen molar-refractivity contribution in [1.82, 2.24) is 20.1 Å². The zero-order valence-electron chi connectivity index (χ0n) is 16.5. The topological polar surface area (TPSA) is 59.8 Å². The first-order valence-electron chi connectivity index (χ1n) is 9.45. The average molecular weight is 489 g/mol. The van der Waals surface area contributed by atoms with Crippen LogP contribution < -0.4 is 5.32 Å². The third kappa shape index (κ3) is 5.13. The Hall–Kier alpha value is -2.32. The van der Waals surface area contributed by atoms with Crippen molar-refractivity contribution in [3.8, 4) is 5.69 Å². The molecule has 2 aromatic carbocycles. The number of benzene rings is 2. The van der Waals surface area contributed by atoms with Crippen LogP contribution in [0, 0.1) is 0 Å². The molecule has 0 bridgehead atoms. The number of nitrogens with zero attached hydrogens (tertiary/aromatic N) is 3. The Kier molecular flexibility index (Phi) is 6.97. The molecule has 5 nitrogen and oxygen atoms in total. The van der Waals surface area contributed by atoms with Crippen molar-refractivity contribution in [2.45, 2.75) is 23.9 Å². The number of rotatable bonds is 7. The third-order valence-corrected chi connectivity index (χ3v) is 6.91. The number of nitrogens with one attached hydrogen (secondary N) is 1. The maximum absolute atomic E-state index is 12.6. The van der Waals surface area contributed by atoms with Gasteiger partial charge in [-0.15, -0.1) is 21.5 Å². The van der Waals surface area contributed by atoms with E-state index in [1.54, 1.807) is 30.0 Å². The highest BCUT2D eigenvalue weighted by Crippen LogP contribution is 2.32. The Labute approximate surface area is 198 Å². The predicted molar refractivity (Wildman–Crippen MR) is 128 cm³/mol. The number of halogens is 2. The largest absolute Gasteiger partial charge is 0.342 e. The summed E-state index contributed by atoms with van der Waals surface area (Å²) in [5.74, 6) is 1.16. The Morgan fingerprint density at radius 1 is 1.13 bits per heavy atom. The molecule has 4 aromatic rings. The van der Waals surface area contributed by atoms with E-state index < -0.39 is 0 Å². The zero-order chi connectivity index (χ0) is 21.8. The highest BCUT2D eigenvalue weighted by molar-refractivity contribution is 7.98. The fourth-order valence-electron chi connectivity index (χ4n) is 3.01. The summed E-state index contributed by atoms with van der Waals surface area (Å²) in [6.45, 7) is 1.88. The second kappa shape index (κ2) is 9.87. The van der Waals surface area contributed by atoms with Crippen LogP contribution in [0.15, 0.2) is 71.2 Å². The molecule has 1 unspecified atom stereocenters. The highest BCUT2D eigenvalue weighted by atomic mass is 35.5. The van der Waals surface area contributed by atoms with Crippen molar-refractivity contribution >= 4 is 52.2 Å². The van der Waals surface area contributed by atoms with Crippen LogP contribution in [-0.4, -0.2) is 20.7 Å². The van der Waals surface area contributed by atoms with Crippen molar-refractivity contribution in [3.63, 3.8) is 0 Å². The standard InChI is InChI=1S/C22H18Cl2N4OS2/c1-14(25-21(29)19-8-5-11-30-19)20-26-27-22(31-13-15-6-3-2-4-7-15)28(20)18-10-9-16(23)12-17(18)24/h2-12,14H,13H2,1H3,(H,25,29). The van der Waals surface area contributed by atoms with E-state index >= 15 is 0 Å². The number of aromatic nitrogens is 3. The fourth-order valence-corrected chi connectivity index (χ4v) is 5.03. The minimum atomic E-state index is -0.389. The first-order chi connectivity index (χ1) is 15.0. The molecule has 1 amide bonds. The normalized spacial score (nSPS) is 12.0. The van der Waals surface area contributed by atoms with Crippen LogP contribution in [0.3, 0.4) is 0 Å². The van der Waals surface area contributed by atoms with Crippen LogP contribution in [0.2, 0.25) is 10.0 Å². The van der Waals surface area contributed by atoms with E-state index in [1.807, 2.05) is 47.2 Å². The molecular weight excluding hydrogens is 471 g/mol. The summed E-state index contributed by atoms with van der Waals surface area (Å²) in [7, 11) is 0. The van der Waals surface area contributed by atoms with Gasteiger partial charge in [0.25, 0.3) is 5.91 Å². The van der Waals surface area contributed by atoms with Gasteiger partial charge in [0, 0.05) is 10.8 Å². The van der Waals surface area contributed by atoms with Crippen LogP contribution in [0.4, 0.5) is 0 Å². The van der Waals surface area contributed by atoms with E-state index in [2.05, 4.69) is 27.6 Å². The molecule has 9 heteroatoms. The summed E-state index contributed by atoms with van der Waals surface area (Å²) in [5, 5.41) is 15.4. The van der Waals surface area contributed by atoms with Gasteiger partial charge in [-0.25, -0.2) is 0 Å². The Bertz CT molecular complexity index is 1180. The van der Waals surface area contributed by atoms with Crippen LogP contribution in [-0.2, 0) is 5.75 Å². The van der Waals surface area contributed by atoms with Gasteiger partial charge in [0.2, 0.25) is 0 Å². The van der Waals surface area contributed by atoms with Gasteiger partial charge in [-0.05, 0) is 42.1 Å². The van der Waals surface area contributed by atoms with Gasteiger partial charge in [0.15, 0.2) is 11.0 Å². The summed E-state index contributed by atoms with van der Waals surface area (Å²) < 4.78 is 1.88. The Morgan fingerprint density at radius 2 is 1.94 bits per heavy atom. The van der Waals surface area contributed by atoms with Crippen LogP contribution in [0.25, 0.3) is 5.69 Å². The second-order valence-corrected chi connectivity index (χ2v) is 9.45. The molecule has 158 valence electrons. The number of hydrogen-bond donors (Lipinski definition) is 1. The molecule has 4 rings (SSSR count). The molecule has 2 aromatic heterocycles. The van der Waals surface area contributed by atoms with Crippen LogP contribution in [0.1, 0.15) is 34.0 Å². The predicted octanol–water partition coefficient (Wildman–Crippen LogP) is 6.42. The van der Waals surface area contributed by atoms with Gasteiger partial charge in [-0.2, -0.15) is 0 Å². The first-order valence-corrected chi connectivity index (χ1v) is 12.1. The summed E-state index contributed by atoms with van der Waals surface area (Å²) in [6.07, 6.45) is 0. The smallest absolute Gasteiger partial charge is 0.261 e. The van der Waals surface area contributed by atoms with Crippen LogP contribution >= 0.6 is 46.3 Å². The second-order valence-electron chi connectivity index (χ2n) is 6.72. The summed E-state index contributed by atoms with van der Waals surface area (Å²) in [5.41, 5.74) is 1.88. The number of amides is 1. The minimum absolute atomic E-state index is 0.155. The molecule has 0 spiro atoms. The van der Waals surface area contributed by atoms with Gasteiger partial charge in [-0.1, -0.05) is 71.4 Å². The molecule has 0 aliphatic rings. The fraction of sp³-hybridized carbons (Fsp3) is 0.136. The van der Waals surface area contributed by atoms with Gasteiger partial charge >= 0.3 is 0 Å². The van der Waals surface area contributed by atoms with Crippen molar-refractivity contribution in [2.75, 3.05) is 0 Å². The van der Waals surface area contributed by atoms with Crippen molar-refractivity contribution in [1.29, 1.82) is 0 Å². The first kappa shape index (κ1) is 21.9.